The van der Waals surface area contributed by atoms with E-state index in [2.05, 4.69) is 10.6 Å². The summed E-state index contributed by atoms with van der Waals surface area (Å²) in [7, 11) is 0. The Morgan fingerprint density at radius 2 is 1.70 bits per heavy atom. The number of nitrogens with one attached hydrogen (secondary N) is 2. The van der Waals surface area contributed by atoms with Crippen molar-refractivity contribution in [1.82, 2.24) is 15.5 Å². The van der Waals surface area contributed by atoms with Crippen molar-refractivity contribution in [2.45, 2.75) is 39.3 Å². The number of amides is 2. The maximum absolute atomic E-state index is 12.7. The molecule has 2 aromatic rings. The van der Waals surface area contributed by atoms with Gasteiger partial charge in [0.15, 0.2) is 0 Å². The minimum atomic E-state index is -0.281. The fourth-order valence-corrected chi connectivity index (χ4v) is 3.57. The van der Waals surface area contributed by atoms with E-state index in [-0.39, 0.29) is 36.5 Å². The zero-order chi connectivity index (χ0) is 19.9. The normalized spacial score (nSPS) is 12.6. The van der Waals surface area contributed by atoms with Crippen molar-refractivity contribution in [2.75, 3.05) is 19.6 Å². The minimum absolute atomic E-state index is 0.0741. The Labute approximate surface area is 165 Å². The molecule has 0 aliphatic carbocycles. The number of likely N-dealkylation sites (N-methyl/N-ethyl adjacent to an activating group) is 1. The van der Waals surface area contributed by atoms with Crippen LogP contribution in [0.5, 0.6) is 0 Å². The number of carbonyl (C=O) groups is 2. The van der Waals surface area contributed by atoms with Crippen molar-refractivity contribution >= 4 is 23.2 Å². The van der Waals surface area contributed by atoms with E-state index in [1.165, 1.54) is 0 Å². The Kier molecular flexibility index (Phi) is 7.56. The average molecular weight is 388 g/mol. The van der Waals surface area contributed by atoms with Gasteiger partial charge < -0.3 is 10.6 Å². The van der Waals surface area contributed by atoms with E-state index in [0.717, 1.165) is 10.4 Å². The molecule has 0 saturated carbocycles. The monoisotopic (exact) mass is 387 g/mol. The Hall–Kier alpha value is -2.18. The van der Waals surface area contributed by atoms with Gasteiger partial charge in [-0.1, -0.05) is 43.3 Å². The van der Waals surface area contributed by atoms with Crippen molar-refractivity contribution in [3.05, 3.63) is 58.3 Å². The molecule has 1 atom stereocenters. The topological polar surface area (TPSA) is 61.4 Å². The number of nitrogens with zero attached hydrogens (tertiary/aromatic N) is 1. The van der Waals surface area contributed by atoms with E-state index in [1.54, 1.807) is 11.3 Å². The molecule has 27 heavy (non-hydrogen) atoms. The number of rotatable bonds is 8. The maximum Gasteiger partial charge on any atom is 0.234 e. The molecular formula is C21H29N3O2S. The molecule has 1 aromatic heterocycles. The van der Waals surface area contributed by atoms with E-state index < -0.39 is 0 Å². The average Bonchev–Trinajstić information content (AvgIpc) is 3.12. The van der Waals surface area contributed by atoms with E-state index in [0.29, 0.717) is 6.54 Å². The summed E-state index contributed by atoms with van der Waals surface area (Å²) >= 11 is 1.62. The third-order valence-corrected chi connectivity index (χ3v) is 4.90. The highest BCUT2D eigenvalue weighted by molar-refractivity contribution is 7.10. The van der Waals surface area contributed by atoms with Crippen LogP contribution in [0.1, 0.15) is 44.2 Å². The van der Waals surface area contributed by atoms with Crippen LogP contribution in [0.2, 0.25) is 0 Å². The van der Waals surface area contributed by atoms with Gasteiger partial charge in [0.25, 0.3) is 0 Å². The third kappa shape index (κ3) is 7.15. The molecule has 0 aliphatic rings. The molecular weight excluding hydrogens is 358 g/mol. The fraction of sp³-hybridized carbons (Fsp3) is 0.429. The molecule has 146 valence electrons. The van der Waals surface area contributed by atoms with Crippen LogP contribution in [-0.2, 0) is 9.59 Å². The van der Waals surface area contributed by atoms with Crippen LogP contribution in [0.25, 0.3) is 0 Å². The molecule has 2 amide bonds. The van der Waals surface area contributed by atoms with Gasteiger partial charge in [0.1, 0.15) is 0 Å². The molecule has 0 unspecified atom stereocenters. The summed E-state index contributed by atoms with van der Waals surface area (Å²) in [6.45, 7) is 8.79. The molecule has 1 heterocycles. The van der Waals surface area contributed by atoms with Crippen LogP contribution in [-0.4, -0.2) is 41.9 Å². The first kappa shape index (κ1) is 21.1. The zero-order valence-electron chi connectivity index (χ0n) is 16.5. The number of hydrogen-bond acceptors (Lipinski definition) is 4. The number of benzene rings is 1. The summed E-state index contributed by atoms with van der Waals surface area (Å²) in [5, 5.41) is 8.06. The Morgan fingerprint density at radius 1 is 1.04 bits per heavy atom. The van der Waals surface area contributed by atoms with Gasteiger partial charge in [0.2, 0.25) is 11.8 Å². The van der Waals surface area contributed by atoms with Crippen LogP contribution in [0, 0.1) is 0 Å². The smallest absolute Gasteiger partial charge is 0.234 e. The molecule has 6 heteroatoms. The summed E-state index contributed by atoms with van der Waals surface area (Å²) < 4.78 is 0. The van der Waals surface area contributed by atoms with Crippen molar-refractivity contribution in [3.8, 4) is 0 Å². The summed E-state index contributed by atoms with van der Waals surface area (Å²) in [6, 6.07) is 13.8. The predicted molar refractivity (Wildman–Crippen MR) is 111 cm³/mol. The molecule has 0 spiro atoms. The van der Waals surface area contributed by atoms with E-state index >= 15 is 0 Å². The molecule has 2 N–H and O–H groups in total. The highest BCUT2D eigenvalue weighted by atomic mass is 32.1. The lowest BCUT2D eigenvalue weighted by molar-refractivity contribution is -0.126. The molecule has 0 bridgehead atoms. The lowest BCUT2D eigenvalue weighted by atomic mass is 10.1. The predicted octanol–water partition coefficient (Wildman–Crippen LogP) is 3.19. The van der Waals surface area contributed by atoms with Crippen molar-refractivity contribution in [1.29, 1.82) is 0 Å². The lowest BCUT2D eigenvalue weighted by Gasteiger charge is -2.25. The van der Waals surface area contributed by atoms with Crippen molar-refractivity contribution in [3.63, 3.8) is 0 Å². The zero-order valence-corrected chi connectivity index (χ0v) is 17.3. The van der Waals surface area contributed by atoms with Gasteiger partial charge in [0, 0.05) is 10.4 Å². The van der Waals surface area contributed by atoms with Crippen molar-refractivity contribution < 1.29 is 9.59 Å². The van der Waals surface area contributed by atoms with E-state index in [4.69, 9.17) is 0 Å². The van der Waals surface area contributed by atoms with Gasteiger partial charge in [-0.3, -0.25) is 14.5 Å². The Morgan fingerprint density at radius 3 is 2.26 bits per heavy atom. The van der Waals surface area contributed by atoms with Crippen LogP contribution in [0.15, 0.2) is 47.8 Å². The second kappa shape index (κ2) is 9.67. The maximum atomic E-state index is 12.7. The van der Waals surface area contributed by atoms with Gasteiger partial charge in [-0.25, -0.2) is 0 Å². The Balaban J connectivity index is 2.01. The van der Waals surface area contributed by atoms with Gasteiger partial charge in [-0.05, 0) is 44.3 Å². The lowest BCUT2D eigenvalue weighted by Crippen LogP contribution is -2.48. The quantitative estimate of drug-likeness (QED) is 0.731. The largest absolute Gasteiger partial charge is 0.350 e. The van der Waals surface area contributed by atoms with Gasteiger partial charge in [-0.15, -0.1) is 11.3 Å². The second-order valence-electron chi connectivity index (χ2n) is 7.53. The number of carbonyl (C=O) groups excluding carboxylic acids is 2. The summed E-state index contributed by atoms with van der Waals surface area (Å²) in [4.78, 5) is 27.8. The highest BCUT2D eigenvalue weighted by Crippen LogP contribution is 2.25. The van der Waals surface area contributed by atoms with Crippen molar-refractivity contribution in [2.24, 2.45) is 0 Å². The first-order valence-corrected chi connectivity index (χ1v) is 10.1. The summed E-state index contributed by atoms with van der Waals surface area (Å²) in [5.74, 6) is -0.169. The fourth-order valence-electron chi connectivity index (χ4n) is 2.77. The molecule has 0 fully saturated rings. The summed E-state index contributed by atoms with van der Waals surface area (Å²) in [6.07, 6.45) is 0. The number of hydrogen-bond donors (Lipinski definition) is 2. The van der Waals surface area contributed by atoms with E-state index in [1.807, 2.05) is 80.4 Å². The Bertz CT molecular complexity index is 724. The van der Waals surface area contributed by atoms with Gasteiger partial charge in [-0.2, -0.15) is 0 Å². The summed E-state index contributed by atoms with van der Waals surface area (Å²) in [5.41, 5.74) is 0.762. The molecule has 5 nitrogen and oxygen atoms in total. The molecule has 1 aromatic carbocycles. The van der Waals surface area contributed by atoms with Crippen LogP contribution in [0.3, 0.4) is 0 Å². The minimum Gasteiger partial charge on any atom is -0.350 e. The van der Waals surface area contributed by atoms with Crippen LogP contribution < -0.4 is 10.6 Å². The van der Waals surface area contributed by atoms with Gasteiger partial charge >= 0.3 is 0 Å². The highest BCUT2D eigenvalue weighted by Gasteiger charge is 2.21. The molecule has 0 saturated heterocycles. The SMILES string of the molecule is CCN(CC(=O)N[C@H](c1ccccc1)c1cccs1)CC(=O)NC(C)(C)C. The van der Waals surface area contributed by atoms with Gasteiger partial charge in [0.05, 0.1) is 19.1 Å². The number of thiophene rings is 1. The molecule has 2 rings (SSSR count). The molecule has 0 aliphatic heterocycles. The van der Waals surface area contributed by atoms with Crippen LogP contribution in [0.4, 0.5) is 0 Å². The molecule has 0 radical (unpaired) electrons. The van der Waals surface area contributed by atoms with E-state index in [9.17, 15) is 9.59 Å². The first-order chi connectivity index (χ1) is 12.8. The standard InChI is InChI=1S/C21H29N3O2S/c1-5-24(15-19(26)23-21(2,3)4)14-18(25)22-20(17-12-9-13-27-17)16-10-7-6-8-11-16/h6-13,20H,5,14-15H2,1-4H3,(H,22,25)(H,23,26)/t20-/m1/s1. The first-order valence-electron chi connectivity index (χ1n) is 9.19. The second-order valence-corrected chi connectivity index (χ2v) is 8.51. The van der Waals surface area contributed by atoms with Crippen LogP contribution >= 0.6 is 11.3 Å². The third-order valence-electron chi connectivity index (χ3n) is 3.96.